The van der Waals surface area contributed by atoms with Gasteiger partial charge >= 0.3 is 12.1 Å². The summed E-state index contributed by atoms with van der Waals surface area (Å²) in [6, 6.07) is 0. The van der Waals surface area contributed by atoms with Crippen LogP contribution in [0.25, 0.3) is 0 Å². The van der Waals surface area contributed by atoms with Crippen LogP contribution in [0.5, 0.6) is 0 Å². The fraction of sp³-hybridized carbons (Fsp3) is 0.867. The lowest BCUT2D eigenvalue weighted by molar-refractivity contribution is -0.206. The van der Waals surface area contributed by atoms with Gasteiger partial charge in [-0.3, -0.25) is 4.79 Å². The maximum absolute atomic E-state index is 12.0. The average molecular weight is 299 g/mol. The fourth-order valence-corrected chi connectivity index (χ4v) is 3.16. The van der Waals surface area contributed by atoms with E-state index in [1.807, 2.05) is 20.8 Å². The predicted octanol–water partition coefficient (Wildman–Crippen LogP) is 2.31. The molecule has 0 aromatic carbocycles. The van der Waals surface area contributed by atoms with Gasteiger partial charge in [0.2, 0.25) is 0 Å². The van der Waals surface area contributed by atoms with E-state index in [-0.39, 0.29) is 23.6 Å². The summed E-state index contributed by atoms with van der Waals surface area (Å²) in [5.41, 5.74) is -0.703. The number of nitrogens with one attached hydrogen (secondary N) is 1. The molecule has 0 bridgehead atoms. The number of amides is 1. The molecule has 6 nitrogen and oxygen atoms in total. The van der Waals surface area contributed by atoms with E-state index in [1.165, 1.54) is 0 Å². The number of rotatable bonds is 3. The summed E-state index contributed by atoms with van der Waals surface area (Å²) in [5.74, 6) is -0.238. The number of carboxylic acid groups (broad SMARTS) is 1. The number of esters is 1. The second kappa shape index (κ2) is 5.83. The van der Waals surface area contributed by atoms with Crippen molar-refractivity contribution in [3.05, 3.63) is 0 Å². The van der Waals surface area contributed by atoms with Crippen molar-refractivity contribution >= 4 is 12.1 Å². The largest absolute Gasteiger partial charge is 0.465 e. The van der Waals surface area contributed by atoms with Crippen LogP contribution in [0.1, 0.15) is 52.9 Å². The van der Waals surface area contributed by atoms with E-state index in [0.29, 0.717) is 19.4 Å². The van der Waals surface area contributed by atoms with Crippen LogP contribution in [0, 0.1) is 5.92 Å². The Hall–Kier alpha value is -1.30. The number of hydrogen-bond donors (Lipinski definition) is 2. The quantitative estimate of drug-likeness (QED) is 0.781. The van der Waals surface area contributed by atoms with E-state index in [2.05, 4.69) is 5.32 Å². The first-order valence-electron chi connectivity index (χ1n) is 7.57. The van der Waals surface area contributed by atoms with Crippen molar-refractivity contribution in [2.45, 2.75) is 70.2 Å². The van der Waals surface area contributed by atoms with Crippen molar-refractivity contribution in [2.75, 3.05) is 6.54 Å². The fourth-order valence-electron chi connectivity index (χ4n) is 3.16. The van der Waals surface area contributed by atoms with Gasteiger partial charge in [0.25, 0.3) is 0 Å². The van der Waals surface area contributed by atoms with Crippen LogP contribution in [0.3, 0.4) is 0 Å². The van der Waals surface area contributed by atoms with Crippen LogP contribution in [-0.4, -0.2) is 41.0 Å². The van der Waals surface area contributed by atoms with Gasteiger partial charge in [0.05, 0.1) is 17.6 Å². The van der Waals surface area contributed by atoms with Crippen LogP contribution < -0.4 is 5.32 Å². The third-order valence-corrected chi connectivity index (χ3v) is 4.03. The average Bonchev–Trinajstić information content (AvgIpc) is 2.31. The Morgan fingerprint density at radius 1 is 1.38 bits per heavy atom. The summed E-state index contributed by atoms with van der Waals surface area (Å²) in [6.45, 7) is 5.91. The SMILES string of the molecule is CC(C)(C)OC(=O)C1CC2(CCCC(CNC(=O)O)O2)C1. The van der Waals surface area contributed by atoms with Crippen molar-refractivity contribution in [3.63, 3.8) is 0 Å². The lowest BCUT2D eigenvalue weighted by Gasteiger charge is -2.51. The van der Waals surface area contributed by atoms with Gasteiger partial charge < -0.3 is 19.9 Å². The van der Waals surface area contributed by atoms with Gasteiger partial charge in [-0.1, -0.05) is 0 Å². The topological polar surface area (TPSA) is 84.9 Å². The normalized spacial score (nSPS) is 32.3. The molecule has 1 amide bonds. The molecule has 1 spiro atoms. The zero-order chi connectivity index (χ0) is 15.7. The van der Waals surface area contributed by atoms with Crippen LogP contribution in [0.15, 0.2) is 0 Å². The minimum atomic E-state index is -1.03. The van der Waals surface area contributed by atoms with Crippen LogP contribution in [-0.2, 0) is 14.3 Å². The van der Waals surface area contributed by atoms with Crippen molar-refractivity contribution in [2.24, 2.45) is 5.92 Å². The molecule has 1 heterocycles. The molecule has 1 unspecified atom stereocenters. The highest BCUT2D eigenvalue weighted by atomic mass is 16.6. The Morgan fingerprint density at radius 2 is 2.05 bits per heavy atom. The van der Waals surface area contributed by atoms with E-state index < -0.39 is 11.7 Å². The number of carbonyl (C=O) groups excluding carboxylic acids is 1. The Morgan fingerprint density at radius 3 is 2.62 bits per heavy atom. The highest BCUT2D eigenvalue weighted by Crippen LogP contribution is 2.48. The van der Waals surface area contributed by atoms with Gasteiger partial charge in [0.1, 0.15) is 5.60 Å². The second-order valence-corrected chi connectivity index (χ2v) is 7.14. The molecule has 6 heteroatoms. The highest BCUT2D eigenvalue weighted by molar-refractivity contribution is 5.74. The van der Waals surface area contributed by atoms with Crippen molar-refractivity contribution in [1.29, 1.82) is 0 Å². The van der Waals surface area contributed by atoms with Gasteiger partial charge in [-0.2, -0.15) is 0 Å². The summed E-state index contributed by atoms with van der Waals surface area (Å²) < 4.78 is 11.4. The molecule has 0 aromatic heterocycles. The summed E-state index contributed by atoms with van der Waals surface area (Å²) >= 11 is 0. The Balaban J connectivity index is 1.81. The van der Waals surface area contributed by atoms with Gasteiger partial charge in [-0.05, 0) is 52.9 Å². The summed E-state index contributed by atoms with van der Waals surface area (Å²) in [4.78, 5) is 22.5. The minimum absolute atomic E-state index is 0.0876. The molecule has 1 saturated heterocycles. The number of ether oxygens (including phenoxy) is 2. The van der Waals surface area contributed by atoms with E-state index in [4.69, 9.17) is 14.6 Å². The Kier molecular flexibility index (Phi) is 4.46. The second-order valence-electron chi connectivity index (χ2n) is 7.14. The third-order valence-electron chi connectivity index (χ3n) is 4.03. The van der Waals surface area contributed by atoms with Gasteiger partial charge in [0.15, 0.2) is 0 Å². The van der Waals surface area contributed by atoms with Gasteiger partial charge in [0, 0.05) is 6.54 Å². The van der Waals surface area contributed by atoms with Crippen LogP contribution in [0.4, 0.5) is 4.79 Å². The number of hydrogen-bond acceptors (Lipinski definition) is 4. The van der Waals surface area contributed by atoms with Crippen LogP contribution >= 0.6 is 0 Å². The summed E-state index contributed by atoms with van der Waals surface area (Å²) in [7, 11) is 0. The molecule has 2 fully saturated rings. The van der Waals surface area contributed by atoms with Crippen molar-refractivity contribution in [1.82, 2.24) is 5.32 Å². The first-order chi connectivity index (χ1) is 9.69. The van der Waals surface area contributed by atoms with E-state index >= 15 is 0 Å². The lowest BCUT2D eigenvalue weighted by atomic mass is 9.67. The Bertz CT molecular complexity index is 409. The zero-order valence-electron chi connectivity index (χ0n) is 13.0. The summed E-state index contributed by atoms with van der Waals surface area (Å²) in [5, 5.41) is 11.0. The van der Waals surface area contributed by atoms with Crippen molar-refractivity contribution in [3.8, 4) is 0 Å². The van der Waals surface area contributed by atoms with E-state index in [1.54, 1.807) is 0 Å². The molecule has 120 valence electrons. The molecule has 2 N–H and O–H groups in total. The molecule has 1 atom stereocenters. The van der Waals surface area contributed by atoms with Gasteiger partial charge in [-0.15, -0.1) is 0 Å². The molecule has 1 aliphatic heterocycles. The smallest absolute Gasteiger partial charge is 0.404 e. The molecule has 0 radical (unpaired) electrons. The zero-order valence-corrected chi connectivity index (χ0v) is 13.0. The maximum atomic E-state index is 12.0. The molecular formula is C15H25NO5. The molecule has 1 saturated carbocycles. The minimum Gasteiger partial charge on any atom is -0.465 e. The highest BCUT2D eigenvalue weighted by Gasteiger charge is 2.51. The predicted molar refractivity (Wildman–Crippen MR) is 76.1 cm³/mol. The first-order valence-corrected chi connectivity index (χ1v) is 7.57. The van der Waals surface area contributed by atoms with E-state index in [9.17, 15) is 9.59 Å². The Labute approximate surface area is 125 Å². The third kappa shape index (κ3) is 4.33. The molecular weight excluding hydrogens is 274 g/mol. The van der Waals surface area contributed by atoms with E-state index in [0.717, 1.165) is 19.3 Å². The molecule has 2 rings (SSSR count). The molecule has 1 aliphatic carbocycles. The van der Waals surface area contributed by atoms with Crippen LogP contribution in [0.2, 0.25) is 0 Å². The molecule has 0 aromatic rings. The molecule has 2 aliphatic rings. The monoisotopic (exact) mass is 299 g/mol. The van der Waals surface area contributed by atoms with Gasteiger partial charge in [-0.25, -0.2) is 4.79 Å². The number of carbonyl (C=O) groups is 2. The lowest BCUT2D eigenvalue weighted by Crippen LogP contribution is -2.55. The molecule has 21 heavy (non-hydrogen) atoms. The summed E-state index contributed by atoms with van der Waals surface area (Å²) in [6.07, 6.45) is 3.06. The van der Waals surface area contributed by atoms with Crippen molar-refractivity contribution < 1.29 is 24.2 Å². The first kappa shape index (κ1) is 16.1. The standard InChI is InChI=1S/C15H25NO5/c1-14(2,3)21-12(17)10-7-15(8-10)6-4-5-11(20-15)9-16-13(18)19/h10-11,16H,4-9H2,1-3H3,(H,18,19). The maximum Gasteiger partial charge on any atom is 0.404 e.